The van der Waals surface area contributed by atoms with Gasteiger partial charge < -0.3 is 19.5 Å². The molecule has 1 amide bonds. The van der Waals surface area contributed by atoms with Gasteiger partial charge in [-0.1, -0.05) is 40.7 Å². The zero-order valence-corrected chi connectivity index (χ0v) is 25.8. The zero-order valence-electron chi connectivity index (χ0n) is 25.8. The Labute approximate surface area is 247 Å². The van der Waals surface area contributed by atoms with Crippen molar-refractivity contribution in [3.8, 4) is 17.0 Å². The highest BCUT2D eigenvalue weighted by molar-refractivity contribution is 6.07. The second kappa shape index (κ2) is 10.7. The van der Waals surface area contributed by atoms with E-state index in [1.54, 1.807) is 26.2 Å². The van der Waals surface area contributed by atoms with Crippen molar-refractivity contribution in [3.63, 3.8) is 0 Å². The number of benzene rings is 1. The van der Waals surface area contributed by atoms with Crippen LogP contribution in [0.2, 0.25) is 0 Å². The average Bonchev–Trinajstić information content (AvgIpc) is 3.18. The zero-order chi connectivity index (χ0) is 30.7. The third-order valence-corrected chi connectivity index (χ3v) is 8.71. The lowest BCUT2D eigenvalue weighted by Crippen LogP contribution is -2.39. The summed E-state index contributed by atoms with van der Waals surface area (Å²) in [6.45, 7) is 14.6. The molecule has 1 aliphatic carbocycles. The summed E-state index contributed by atoms with van der Waals surface area (Å²) in [7, 11) is 1.58. The number of carboxylic acids is 1. The Balaban J connectivity index is 1.81. The fourth-order valence-electron chi connectivity index (χ4n) is 6.88. The molecule has 0 saturated carbocycles. The van der Waals surface area contributed by atoms with Gasteiger partial charge >= 0.3 is 5.97 Å². The molecule has 1 aromatic heterocycles. The van der Waals surface area contributed by atoms with E-state index < -0.39 is 11.9 Å². The predicted molar refractivity (Wildman–Crippen MR) is 159 cm³/mol. The molecule has 222 valence electrons. The number of aromatic nitrogens is 1. The van der Waals surface area contributed by atoms with E-state index >= 15 is 0 Å². The van der Waals surface area contributed by atoms with Crippen molar-refractivity contribution < 1.29 is 29.0 Å². The van der Waals surface area contributed by atoms with Gasteiger partial charge in [0.15, 0.2) is 11.5 Å². The molecule has 2 aliphatic heterocycles. The number of carboxylic acid groups (broad SMARTS) is 1. The first-order chi connectivity index (χ1) is 19.8. The number of amides is 1. The van der Waals surface area contributed by atoms with Crippen LogP contribution in [0.3, 0.4) is 0 Å². The highest BCUT2D eigenvalue weighted by Gasteiger charge is 2.53. The van der Waals surface area contributed by atoms with Gasteiger partial charge in [0.1, 0.15) is 17.3 Å². The Kier molecular flexibility index (Phi) is 7.54. The van der Waals surface area contributed by atoms with E-state index in [-0.39, 0.29) is 34.8 Å². The number of methoxy groups -OCH3 is 1. The first-order valence-corrected chi connectivity index (χ1v) is 14.7. The van der Waals surface area contributed by atoms with E-state index in [0.29, 0.717) is 70.2 Å². The Hall–Kier alpha value is -3.94. The van der Waals surface area contributed by atoms with Crippen LogP contribution in [0, 0.1) is 25.2 Å². The number of aryl methyl sites for hydroxylation is 1. The number of aromatic carboxylic acids is 1. The smallest absolute Gasteiger partial charge is 0.354 e. The SMILES string of the molecule is CCCN1C(=O)C2=C(OC3=C(C(=O)CC(C)(C)C3)[C@@H]2c2c(OC)ccc(-c3ccc(C)c(C(=O)O)n3)c2C)[C@H]1C(C)C. The second-order valence-corrected chi connectivity index (χ2v) is 12.8. The first-order valence-electron chi connectivity index (χ1n) is 14.7. The van der Waals surface area contributed by atoms with E-state index in [1.807, 2.05) is 30.9 Å². The standard InChI is InChI=1S/C34H40N2O6/c1-9-14-36-30(17(2)3)31-28(32(36)38)27(26-22(37)15-34(6,7)16-24(26)42-31)25-19(5)20(11-13-23(25)41-8)21-12-10-18(4)29(35-21)33(39)40/h10-13,17,27,30H,9,14-16H2,1-8H3,(H,39,40)/t27-,30+/m0/s1. The fourth-order valence-corrected chi connectivity index (χ4v) is 6.88. The molecule has 0 saturated heterocycles. The summed E-state index contributed by atoms with van der Waals surface area (Å²) in [5, 5.41) is 9.73. The number of rotatable bonds is 7. The molecule has 8 nitrogen and oxygen atoms in total. The molecule has 5 rings (SSSR count). The summed E-state index contributed by atoms with van der Waals surface area (Å²) in [4.78, 5) is 46.5. The van der Waals surface area contributed by atoms with E-state index in [0.717, 1.165) is 12.0 Å². The second-order valence-electron chi connectivity index (χ2n) is 12.8. The molecule has 8 heteroatoms. The number of carbonyl (C=O) groups is 3. The van der Waals surface area contributed by atoms with Crippen molar-refractivity contribution in [2.24, 2.45) is 11.3 Å². The van der Waals surface area contributed by atoms with Crippen molar-refractivity contribution in [2.45, 2.75) is 79.7 Å². The summed E-state index contributed by atoms with van der Waals surface area (Å²) in [6.07, 6.45) is 1.72. The lowest BCUT2D eigenvalue weighted by molar-refractivity contribution is -0.128. The molecule has 2 atom stereocenters. The Morgan fingerprint density at radius 3 is 2.48 bits per heavy atom. The number of ether oxygens (including phenoxy) is 2. The quantitative estimate of drug-likeness (QED) is 0.411. The van der Waals surface area contributed by atoms with Gasteiger partial charge in [-0.15, -0.1) is 0 Å². The van der Waals surface area contributed by atoms with Crippen molar-refractivity contribution in [1.82, 2.24) is 9.88 Å². The lowest BCUT2D eigenvalue weighted by atomic mass is 9.68. The molecule has 1 N–H and O–H groups in total. The highest BCUT2D eigenvalue weighted by Crippen LogP contribution is 2.55. The number of allylic oxidation sites excluding steroid dienone is 2. The van der Waals surface area contributed by atoms with Gasteiger partial charge in [-0.05, 0) is 60.9 Å². The molecule has 0 bridgehead atoms. The number of Topliss-reactive ketones (excluding diaryl/α,β-unsaturated/α-hetero) is 1. The van der Waals surface area contributed by atoms with Crippen LogP contribution in [-0.4, -0.2) is 52.3 Å². The van der Waals surface area contributed by atoms with E-state index in [4.69, 9.17) is 9.47 Å². The number of hydrogen-bond acceptors (Lipinski definition) is 6. The van der Waals surface area contributed by atoms with Gasteiger partial charge in [-0.25, -0.2) is 9.78 Å². The third-order valence-electron chi connectivity index (χ3n) is 8.71. The monoisotopic (exact) mass is 572 g/mol. The summed E-state index contributed by atoms with van der Waals surface area (Å²) in [6, 6.07) is 6.97. The van der Waals surface area contributed by atoms with Gasteiger partial charge in [-0.3, -0.25) is 9.59 Å². The normalized spacial score (nSPS) is 21.5. The molecule has 0 unspecified atom stereocenters. The molecule has 1 aromatic carbocycles. The first kappa shape index (κ1) is 29.5. The van der Waals surface area contributed by atoms with Gasteiger partial charge in [-0.2, -0.15) is 0 Å². The number of ketones is 1. The van der Waals surface area contributed by atoms with Crippen LogP contribution in [0.25, 0.3) is 11.3 Å². The minimum atomic E-state index is -1.10. The molecule has 0 spiro atoms. The Bertz CT molecular complexity index is 1560. The van der Waals surface area contributed by atoms with Crippen LogP contribution in [0.15, 0.2) is 46.9 Å². The molecule has 0 radical (unpaired) electrons. The average molecular weight is 573 g/mol. The molecular weight excluding hydrogens is 532 g/mol. The van der Waals surface area contributed by atoms with E-state index in [9.17, 15) is 19.5 Å². The molecular formula is C34H40N2O6. The van der Waals surface area contributed by atoms with Crippen molar-refractivity contribution in [2.75, 3.05) is 13.7 Å². The topological polar surface area (TPSA) is 106 Å². The molecule has 3 heterocycles. The van der Waals surface area contributed by atoms with Crippen LogP contribution < -0.4 is 4.74 Å². The maximum Gasteiger partial charge on any atom is 0.354 e. The van der Waals surface area contributed by atoms with Crippen molar-refractivity contribution >= 4 is 17.7 Å². The highest BCUT2D eigenvalue weighted by atomic mass is 16.5. The minimum Gasteiger partial charge on any atom is -0.496 e. The molecule has 0 fully saturated rings. The van der Waals surface area contributed by atoms with Crippen LogP contribution in [0.5, 0.6) is 5.75 Å². The number of hydrogen-bond donors (Lipinski definition) is 1. The summed E-state index contributed by atoms with van der Waals surface area (Å²) >= 11 is 0. The van der Waals surface area contributed by atoms with Crippen LogP contribution in [0.4, 0.5) is 0 Å². The fraction of sp³-hybridized carbons (Fsp3) is 0.471. The van der Waals surface area contributed by atoms with Crippen LogP contribution in [0.1, 0.15) is 87.0 Å². The van der Waals surface area contributed by atoms with Crippen molar-refractivity contribution in [3.05, 3.63) is 69.3 Å². The lowest BCUT2D eigenvalue weighted by Gasteiger charge is -2.39. The predicted octanol–water partition coefficient (Wildman–Crippen LogP) is 6.36. The number of nitrogens with zero attached hydrogens (tertiary/aromatic N) is 2. The van der Waals surface area contributed by atoms with Gasteiger partial charge in [0.2, 0.25) is 0 Å². The number of pyridine rings is 1. The van der Waals surface area contributed by atoms with Gasteiger partial charge in [0.25, 0.3) is 5.91 Å². The molecule has 3 aliphatic rings. The minimum absolute atomic E-state index is 0.0176. The Morgan fingerprint density at radius 2 is 1.86 bits per heavy atom. The van der Waals surface area contributed by atoms with Gasteiger partial charge in [0.05, 0.1) is 30.3 Å². The van der Waals surface area contributed by atoms with E-state index in [1.165, 1.54) is 0 Å². The number of carbonyl (C=O) groups excluding carboxylic acids is 2. The van der Waals surface area contributed by atoms with Crippen LogP contribution >= 0.6 is 0 Å². The summed E-state index contributed by atoms with van der Waals surface area (Å²) < 4.78 is 12.5. The van der Waals surface area contributed by atoms with Crippen molar-refractivity contribution in [1.29, 1.82) is 0 Å². The Morgan fingerprint density at radius 1 is 1.14 bits per heavy atom. The van der Waals surface area contributed by atoms with E-state index in [2.05, 4.69) is 32.7 Å². The largest absolute Gasteiger partial charge is 0.496 e. The molecule has 2 aromatic rings. The summed E-state index contributed by atoms with van der Waals surface area (Å²) in [5.74, 6) is -0.0185. The molecule has 42 heavy (non-hydrogen) atoms. The maximum absolute atomic E-state index is 14.3. The van der Waals surface area contributed by atoms with Crippen LogP contribution in [-0.2, 0) is 14.3 Å². The summed E-state index contributed by atoms with van der Waals surface area (Å²) in [5.41, 5.74) is 3.97. The maximum atomic E-state index is 14.3. The third kappa shape index (κ3) is 4.71. The van der Waals surface area contributed by atoms with Gasteiger partial charge in [0, 0.05) is 36.1 Å².